The molecule has 0 saturated heterocycles. The number of rotatable bonds is 7. The van der Waals surface area contributed by atoms with E-state index >= 15 is 0 Å². The Hall–Kier alpha value is -1.55. The summed E-state index contributed by atoms with van der Waals surface area (Å²) in [5.41, 5.74) is 1.28. The van der Waals surface area contributed by atoms with Crippen LogP contribution in [-0.2, 0) is 4.79 Å². The molecule has 1 rings (SSSR count). The summed E-state index contributed by atoms with van der Waals surface area (Å²) < 4.78 is 0. The van der Waals surface area contributed by atoms with Gasteiger partial charge in [-0.2, -0.15) is 0 Å². The first-order valence-electron chi connectivity index (χ1n) is 6.41. The molecule has 0 atom stereocenters. The van der Waals surface area contributed by atoms with E-state index in [-0.39, 0.29) is 11.8 Å². The fourth-order valence-electron chi connectivity index (χ4n) is 1.57. The monoisotopic (exact) mass is 282 g/mol. The van der Waals surface area contributed by atoms with Crippen LogP contribution in [0.5, 0.6) is 0 Å². The lowest BCUT2D eigenvalue weighted by atomic mass is 10.2. The number of hydrogen-bond donors (Lipinski definition) is 2. The van der Waals surface area contributed by atoms with Gasteiger partial charge in [0.15, 0.2) is 0 Å². The highest BCUT2D eigenvalue weighted by atomic mass is 35.5. The van der Waals surface area contributed by atoms with Crippen LogP contribution in [0.2, 0.25) is 0 Å². The van der Waals surface area contributed by atoms with E-state index < -0.39 is 0 Å². The third-order valence-electron chi connectivity index (χ3n) is 2.56. The van der Waals surface area contributed by atoms with E-state index in [4.69, 9.17) is 11.6 Å². The van der Waals surface area contributed by atoms with Crippen LogP contribution in [0.25, 0.3) is 0 Å². The van der Waals surface area contributed by atoms with Gasteiger partial charge in [-0.25, -0.2) is 0 Å². The summed E-state index contributed by atoms with van der Waals surface area (Å²) >= 11 is 5.55. The van der Waals surface area contributed by atoms with Crippen molar-refractivity contribution in [3.63, 3.8) is 0 Å². The Bertz CT molecular complexity index is 418. The molecule has 0 radical (unpaired) electrons. The van der Waals surface area contributed by atoms with Gasteiger partial charge in [0.25, 0.3) is 5.91 Å². The molecule has 0 saturated carbocycles. The van der Waals surface area contributed by atoms with Crippen molar-refractivity contribution in [2.45, 2.75) is 26.2 Å². The molecule has 1 aromatic carbocycles. The predicted octanol–water partition coefficient (Wildman–Crippen LogP) is 2.78. The minimum absolute atomic E-state index is 0.0316. The molecule has 2 amide bonds. The quantitative estimate of drug-likeness (QED) is 0.597. The zero-order valence-electron chi connectivity index (χ0n) is 11.0. The molecule has 5 heteroatoms. The Morgan fingerprint density at radius 1 is 1.16 bits per heavy atom. The molecule has 0 bridgehead atoms. The number of halogens is 1. The topological polar surface area (TPSA) is 58.2 Å². The van der Waals surface area contributed by atoms with E-state index in [0.717, 1.165) is 12.8 Å². The Morgan fingerprint density at radius 2 is 1.84 bits per heavy atom. The van der Waals surface area contributed by atoms with Crippen LogP contribution in [0.4, 0.5) is 5.69 Å². The largest absolute Gasteiger partial charge is 0.352 e. The van der Waals surface area contributed by atoms with Gasteiger partial charge in [-0.1, -0.05) is 0 Å². The first-order chi connectivity index (χ1) is 9.17. The van der Waals surface area contributed by atoms with Crippen LogP contribution in [0, 0.1) is 0 Å². The van der Waals surface area contributed by atoms with Gasteiger partial charge >= 0.3 is 0 Å². The van der Waals surface area contributed by atoms with Crippen molar-refractivity contribution in [2.24, 2.45) is 0 Å². The Balaban J connectivity index is 2.47. The highest BCUT2D eigenvalue weighted by Crippen LogP contribution is 2.10. The average Bonchev–Trinajstić information content (AvgIpc) is 2.40. The summed E-state index contributed by atoms with van der Waals surface area (Å²) in [5, 5.41) is 5.50. The lowest BCUT2D eigenvalue weighted by molar-refractivity contribution is -0.116. The van der Waals surface area contributed by atoms with Gasteiger partial charge < -0.3 is 10.6 Å². The van der Waals surface area contributed by atoms with Gasteiger partial charge in [-0.05, 0) is 44.0 Å². The molecule has 0 unspecified atom stereocenters. The maximum absolute atomic E-state index is 11.6. The average molecular weight is 283 g/mol. The van der Waals surface area contributed by atoms with Crippen LogP contribution in [0.3, 0.4) is 0 Å². The second kappa shape index (κ2) is 8.53. The van der Waals surface area contributed by atoms with Crippen molar-refractivity contribution in [1.82, 2.24) is 5.32 Å². The normalized spacial score (nSPS) is 10.0. The second-order valence-electron chi connectivity index (χ2n) is 4.13. The smallest absolute Gasteiger partial charge is 0.251 e. The lowest BCUT2D eigenvalue weighted by Gasteiger charge is -2.06. The molecule has 0 heterocycles. The molecular formula is C14H19ClN2O2. The lowest BCUT2D eigenvalue weighted by Crippen LogP contribution is -2.22. The van der Waals surface area contributed by atoms with Crippen molar-refractivity contribution >= 4 is 29.1 Å². The van der Waals surface area contributed by atoms with E-state index in [1.807, 2.05) is 6.92 Å². The van der Waals surface area contributed by atoms with Gasteiger partial charge in [-0.15, -0.1) is 11.6 Å². The van der Waals surface area contributed by atoms with E-state index in [1.165, 1.54) is 0 Å². The molecule has 4 nitrogen and oxygen atoms in total. The number of carbonyl (C=O) groups excluding carboxylic acids is 2. The molecule has 0 aromatic heterocycles. The molecule has 104 valence electrons. The maximum Gasteiger partial charge on any atom is 0.251 e. The van der Waals surface area contributed by atoms with Crippen molar-refractivity contribution < 1.29 is 9.59 Å². The summed E-state index contributed by atoms with van der Waals surface area (Å²) in [6.45, 7) is 2.46. The number of benzene rings is 1. The number of amides is 2. The SMILES string of the molecule is CCNC(=O)c1ccc(NC(=O)CCCCCl)cc1. The molecule has 19 heavy (non-hydrogen) atoms. The van der Waals surface area contributed by atoms with Crippen molar-refractivity contribution in [3.8, 4) is 0 Å². The molecule has 0 aliphatic heterocycles. The highest BCUT2D eigenvalue weighted by Gasteiger charge is 2.05. The van der Waals surface area contributed by atoms with Gasteiger partial charge in [0, 0.05) is 30.1 Å². The number of unbranched alkanes of at least 4 members (excludes halogenated alkanes) is 1. The first-order valence-corrected chi connectivity index (χ1v) is 6.95. The van der Waals surface area contributed by atoms with Crippen LogP contribution < -0.4 is 10.6 Å². The molecule has 2 N–H and O–H groups in total. The van der Waals surface area contributed by atoms with E-state index in [0.29, 0.717) is 30.1 Å². The van der Waals surface area contributed by atoms with Gasteiger partial charge in [0.05, 0.1) is 0 Å². The Kier molecular flexibility index (Phi) is 6.97. The minimum Gasteiger partial charge on any atom is -0.352 e. The van der Waals surface area contributed by atoms with Crippen LogP contribution in [0.1, 0.15) is 36.5 Å². The Labute approximate surface area is 118 Å². The van der Waals surface area contributed by atoms with Crippen LogP contribution >= 0.6 is 11.6 Å². The van der Waals surface area contributed by atoms with Crippen molar-refractivity contribution in [1.29, 1.82) is 0 Å². The van der Waals surface area contributed by atoms with Gasteiger partial charge in [0.1, 0.15) is 0 Å². The number of anilines is 1. The molecular weight excluding hydrogens is 264 g/mol. The molecule has 0 aliphatic rings. The molecule has 0 aliphatic carbocycles. The third kappa shape index (κ3) is 5.75. The van der Waals surface area contributed by atoms with Crippen LogP contribution in [0.15, 0.2) is 24.3 Å². The van der Waals surface area contributed by atoms with E-state index in [1.54, 1.807) is 24.3 Å². The predicted molar refractivity (Wildman–Crippen MR) is 77.6 cm³/mol. The molecule has 0 fully saturated rings. The number of hydrogen-bond acceptors (Lipinski definition) is 2. The summed E-state index contributed by atoms with van der Waals surface area (Å²) in [4.78, 5) is 23.1. The van der Waals surface area contributed by atoms with Crippen molar-refractivity contribution in [2.75, 3.05) is 17.7 Å². The van der Waals surface area contributed by atoms with Crippen molar-refractivity contribution in [3.05, 3.63) is 29.8 Å². The zero-order valence-corrected chi connectivity index (χ0v) is 11.8. The maximum atomic E-state index is 11.6. The standard InChI is InChI=1S/C14H19ClN2O2/c1-2-16-14(19)11-6-8-12(9-7-11)17-13(18)5-3-4-10-15/h6-9H,2-5,10H2,1H3,(H,16,19)(H,17,18). The summed E-state index contributed by atoms with van der Waals surface area (Å²) in [7, 11) is 0. The summed E-state index contributed by atoms with van der Waals surface area (Å²) in [5.74, 6) is 0.437. The Morgan fingerprint density at radius 3 is 2.42 bits per heavy atom. The number of alkyl halides is 1. The summed E-state index contributed by atoms with van der Waals surface area (Å²) in [6.07, 6.45) is 2.09. The summed E-state index contributed by atoms with van der Waals surface area (Å²) in [6, 6.07) is 6.84. The first kappa shape index (κ1) is 15.5. The fraction of sp³-hybridized carbons (Fsp3) is 0.429. The fourth-order valence-corrected chi connectivity index (χ4v) is 1.76. The third-order valence-corrected chi connectivity index (χ3v) is 2.82. The zero-order chi connectivity index (χ0) is 14.1. The second-order valence-corrected chi connectivity index (χ2v) is 4.51. The highest BCUT2D eigenvalue weighted by molar-refractivity contribution is 6.17. The van der Waals surface area contributed by atoms with E-state index in [2.05, 4.69) is 10.6 Å². The van der Waals surface area contributed by atoms with Gasteiger partial charge in [-0.3, -0.25) is 9.59 Å². The molecule has 1 aromatic rings. The molecule has 0 spiro atoms. The minimum atomic E-state index is -0.109. The van der Waals surface area contributed by atoms with Crippen LogP contribution in [-0.4, -0.2) is 24.2 Å². The van der Waals surface area contributed by atoms with E-state index in [9.17, 15) is 9.59 Å². The van der Waals surface area contributed by atoms with Gasteiger partial charge in [0.2, 0.25) is 5.91 Å². The number of carbonyl (C=O) groups is 2. The number of nitrogens with one attached hydrogen (secondary N) is 2.